The maximum atomic E-state index is 11.0. The van der Waals surface area contributed by atoms with E-state index in [9.17, 15) is 61.3 Å². The first kappa shape index (κ1) is 45.8. The van der Waals surface area contributed by atoms with Crippen LogP contribution in [0.4, 0.5) is 0 Å². The molecule has 0 heterocycles. The average Bonchev–Trinajstić information content (AvgIpc) is 3.26. The first-order chi connectivity index (χ1) is 28.6. The zero-order valence-electron chi connectivity index (χ0n) is 35.2. The fourth-order valence-corrected chi connectivity index (χ4v) is 11.7. The van der Waals surface area contributed by atoms with Crippen LogP contribution in [-0.4, -0.2) is 87.7 Å². The molecule has 3 atom stereocenters. The highest BCUT2D eigenvalue weighted by molar-refractivity contribution is 5.53. The van der Waals surface area contributed by atoms with Crippen molar-refractivity contribution in [3.05, 3.63) is 104 Å². The number of aromatic hydroxyl groups is 2. The van der Waals surface area contributed by atoms with E-state index in [1.54, 1.807) is 24.3 Å². The third-order valence-electron chi connectivity index (χ3n) is 15.7. The van der Waals surface area contributed by atoms with Gasteiger partial charge in [0.25, 0.3) is 0 Å². The number of benzene rings is 2. The highest BCUT2D eigenvalue weighted by Crippen LogP contribution is 2.60. The molecule has 12 heteroatoms. The van der Waals surface area contributed by atoms with Gasteiger partial charge in [0.15, 0.2) is 0 Å². The van der Waals surface area contributed by atoms with Crippen molar-refractivity contribution >= 4 is 0 Å². The van der Waals surface area contributed by atoms with Gasteiger partial charge in [-0.15, -0.1) is 0 Å². The van der Waals surface area contributed by atoms with Crippen molar-refractivity contribution in [3.8, 4) is 11.5 Å². The molecule has 0 aromatic heterocycles. The fraction of sp³-hybridized carbons (Fsp3) is 0.583. The number of rotatable bonds is 14. The Morgan fingerprint density at radius 1 is 0.550 bits per heavy atom. The molecule has 0 radical (unpaired) electrons. The molecule has 2 aromatic carbocycles. The number of phenols is 2. The normalized spacial score (nSPS) is 29.1. The quantitative estimate of drug-likeness (QED) is 0.115. The van der Waals surface area contributed by atoms with Gasteiger partial charge in [-0.3, -0.25) is 0 Å². The number of hydrogen-bond acceptors (Lipinski definition) is 12. The summed E-state index contributed by atoms with van der Waals surface area (Å²) in [5, 5.41) is 126. The molecule has 0 amide bonds. The molecular formula is C48H66O12. The van der Waals surface area contributed by atoms with Crippen LogP contribution in [0.15, 0.2) is 70.2 Å². The lowest BCUT2D eigenvalue weighted by Gasteiger charge is -2.53. The molecule has 0 saturated heterocycles. The summed E-state index contributed by atoms with van der Waals surface area (Å²) in [7, 11) is 0. The minimum atomic E-state index is -0.655. The zero-order valence-corrected chi connectivity index (χ0v) is 35.2. The van der Waals surface area contributed by atoms with E-state index in [-0.39, 0.29) is 59.4 Å². The highest BCUT2D eigenvalue weighted by atomic mass is 16.3. The molecule has 0 bridgehead atoms. The van der Waals surface area contributed by atoms with E-state index in [1.807, 2.05) is 19.1 Å². The monoisotopic (exact) mass is 834 g/mol. The highest BCUT2D eigenvalue weighted by Gasteiger charge is 2.51. The summed E-state index contributed by atoms with van der Waals surface area (Å²) in [5.41, 5.74) is 3.99. The minimum absolute atomic E-state index is 0.0296. The molecule has 4 aliphatic carbocycles. The molecule has 4 aliphatic rings. The first-order valence-electron chi connectivity index (χ1n) is 21.5. The van der Waals surface area contributed by atoms with Gasteiger partial charge in [-0.1, -0.05) is 44.1 Å². The molecule has 0 aliphatic heterocycles. The molecule has 6 rings (SSSR count). The van der Waals surface area contributed by atoms with Crippen LogP contribution in [0.1, 0.15) is 112 Å². The van der Waals surface area contributed by atoms with E-state index in [4.69, 9.17) is 0 Å². The van der Waals surface area contributed by atoms with Gasteiger partial charge >= 0.3 is 0 Å². The number of allylic oxidation sites excluding steroid dienone is 2. The topological polar surface area (TPSA) is 243 Å². The summed E-state index contributed by atoms with van der Waals surface area (Å²) >= 11 is 0. The molecule has 2 saturated carbocycles. The van der Waals surface area contributed by atoms with Gasteiger partial charge in [-0.05, 0) is 116 Å². The van der Waals surface area contributed by atoms with Gasteiger partial charge in [0, 0.05) is 56.1 Å². The Morgan fingerprint density at radius 3 is 1.37 bits per heavy atom. The van der Waals surface area contributed by atoms with E-state index in [0.29, 0.717) is 65.5 Å². The molecular weight excluding hydrogens is 769 g/mol. The van der Waals surface area contributed by atoms with Crippen molar-refractivity contribution in [3.63, 3.8) is 0 Å². The summed E-state index contributed by atoms with van der Waals surface area (Å²) in [5.74, 6) is -1.34. The standard InChI is InChI=1S/C48H66O12/c1-27-40(26-56)45(60)34(25-55)18-41(27)48(39-16-32(23-53)44(59)33(17-39)24-54)10-6-36(7-11-48)46(2,3)35-4-8-47(9-5-35,37-12-28(19-49)42(57)29(13-37)20-50)38-14-30(21-51)43(58)31(15-38)22-52/h12-14,16-18,27,31,35-36,40,49-60H,4-11,15,19-26H2,1-3H3. The third-order valence-corrected chi connectivity index (χ3v) is 15.7. The summed E-state index contributed by atoms with van der Waals surface area (Å²) in [6.45, 7) is 3.48. The van der Waals surface area contributed by atoms with Crippen molar-refractivity contribution in [1.29, 1.82) is 0 Å². The maximum Gasteiger partial charge on any atom is 0.126 e. The van der Waals surface area contributed by atoms with E-state index in [2.05, 4.69) is 13.8 Å². The van der Waals surface area contributed by atoms with Crippen LogP contribution >= 0.6 is 0 Å². The van der Waals surface area contributed by atoms with Crippen LogP contribution in [-0.2, 0) is 37.3 Å². The van der Waals surface area contributed by atoms with E-state index in [1.165, 1.54) is 0 Å². The molecule has 3 unspecified atom stereocenters. The summed E-state index contributed by atoms with van der Waals surface area (Å²) in [6, 6.07) is 7.18. The molecule has 12 nitrogen and oxygen atoms in total. The van der Waals surface area contributed by atoms with E-state index in [0.717, 1.165) is 48.0 Å². The molecule has 12 N–H and O–H groups in total. The molecule has 2 fully saturated rings. The lowest BCUT2D eigenvalue weighted by atomic mass is 9.51. The van der Waals surface area contributed by atoms with Gasteiger partial charge in [-0.2, -0.15) is 0 Å². The molecule has 0 spiro atoms. The zero-order chi connectivity index (χ0) is 43.7. The van der Waals surface area contributed by atoms with Crippen molar-refractivity contribution in [2.75, 3.05) is 26.4 Å². The van der Waals surface area contributed by atoms with Crippen molar-refractivity contribution < 1.29 is 61.3 Å². The predicted molar refractivity (Wildman–Crippen MR) is 226 cm³/mol. The van der Waals surface area contributed by atoms with Crippen LogP contribution in [0.5, 0.6) is 11.5 Å². The van der Waals surface area contributed by atoms with E-state index >= 15 is 0 Å². The Hall–Kier alpha value is -3.72. The Balaban J connectivity index is 1.35. The fourth-order valence-electron chi connectivity index (χ4n) is 11.7. The van der Waals surface area contributed by atoms with Crippen molar-refractivity contribution in [1.82, 2.24) is 0 Å². The van der Waals surface area contributed by atoms with Gasteiger partial charge < -0.3 is 61.3 Å². The minimum Gasteiger partial charge on any atom is -0.512 e. The number of aliphatic hydroxyl groups excluding tert-OH is 10. The van der Waals surface area contributed by atoms with Crippen molar-refractivity contribution in [2.45, 2.75) is 116 Å². The lowest BCUT2D eigenvalue weighted by Crippen LogP contribution is -2.45. The van der Waals surface area contributed by atoms with Crippen LogP contribution in [0.25, 0.3) is 0 Å². The number of aliphatic hydroxyl groups is 10. The second-order valence-corrected chi connectivity index (χ2v) is 18.5. The SMILES string of the molecule is CC1C(C2(c3cc(CO)c(O)c(CO)c3)CCC(C(C)(C)C3CCC(C4=CC(CO)=C(O)C(CO)C4)(c4cc(CO)c(O)c(CO)c4)CC3)CC2)=CC(CO)=C(O)C1CO. The first-order valence-corrected chi connectivity index (χ1v) is 21.5. The Labute approximate surface area is 352 Å². The third kappa shape index (κ3) is 7.83. The predicted octanol–water partition coefficient (Wildman–Crippen LogP) is 5.38. The summed E-state index contributed by atoms with van der Waals surface area (Å²) in [6.07, 6.45) is 9.98. The second-order valence-electron chi connectivity index (χ2n) is 18.5. The van der Waals surface area contributed by atoms with Gasteiger partial charge in [-0.25, -0.2) is 0 Å². The van der Waals surface area contributed by atoms with Crippen molar-refractivity contribution in [2.24, 2.45) is 35.0 Å². The lowest BCUT2D eigenvalue weighted by molar-refractivity contribution is 0.0326. The van der Waals surface area contributed by atoms with Crippen LogP contribution < -0.4 is 0 Å². The summed E-state index contributed by atoms with van der Waals surface area (Å²) in [4.78, 5) is 0. The van der Waals surface area contributed by atoms with Crippen LogP contribution in [0.3, 0.4) is 0 Å². The summed E-state index contributed by atoms with van der Waals surface area (Å²) < 4.78 is 0. The van der Waals surface area contributed by atoms with Gasteiger partial charge in [0.2, 0.25) is 0 Å². The Kier molecular flexibility index (Phi) is 14.0. The molecule has 2 aromatic rings. The number of hydrogen-bond donors (Lipinski definition) is 12. The Bertz CT molecular complexity index is 1960. The molecule has 60 heavy (non-hydrogen) atoms. The van der Waals surface area contributed by atoms with Crippen LogP contribution in [0.2, 0.25) is 0 Å². The van der Waals surface area contributed by atoms with Crippen LogP contribution in [0, 0.1) is 35.0 Å². The van der Waals surface area contributed by atoms with Gasteiger partial charge in [0.1, 0.15) is 23.0 Å². The molecule has 330 valence electrons. The maximum absolute atomic E-state index is 11.0. The van der Waals surface area contributed by atoms with Gasteiger partial charge in [0.05, 0.1) is 52.9 Å². The second kappa shape index (κ2) is 18.3. The largest absolute Gasteiger partial charge is 0.512 e. The smallest absolute Gasteiger partial charge is 0.126 e. The Morgan fingerprint density at radius 2 is 0.967 bits per heavy atom. The average molecular weight is 835 g/mol. The van der Waals surface area contributed by atoms with E-state index < -0.39 is 62.3 Å².